The Hall–Kier alpha value is -1.41. The number of nitrogens with zero attached hydrogens (tertiary/aromatic N) is 1. The average Bonchev–Trinajstić information content (AvgIpc) is 2.40. The van der Waals surface area contributed by atoms with Crippen LogP contribution in [0.3, 0.4) is 0 Å². The lowest BCUT2D eigenvalue weighted by Crippen LogP contribution is -2.36. The Morgan fingerprint density at radius 1 is 1.38 bits per heavy atom. The molecule has 1 aromatic carbocycles. The van der Waals surface area contributed by atoms with Gasteiger partial charge in [-0.2, -0.15) is 0 Å². The van der Waals surface area contributed by atoms with E-state index in [1.54, 1.807) is 11.0 Å². The molecule has 1 aliphatic heterocycles. The molecular formula is C13H16BFN2O3S. The zero-order valence-electron chi connectivity index (χ0n) is 11.7. The van der Waals surface area contributed by atoms with E-state index in [-0.39, 0.29) is 24.4 Å². The summed E-state index contributed by atoms with van der Waals surface area (Å²) < 4.78 is 38.3. The number of rotatable bonds is 5. The number of hydrogen-bond acceptors (Lipinski definition) is 3. The highest BCUT2D eigenvalue weighted by molar-refractivity contribution is 8.10. The van der Waals surface area contributed by atoms with E-state index in [2.05, 4.69) is 4.72 Å². The van der Waals surface area contributed by atoms with Crippen LogP contribution in [0, 0.1) is 5.82 Å². The number of hydrogen-bond donors (Lipinski definition) is 1. The Labute approximate surface area is 124 Å². The normalized spacial score (nSPS) is 15.1. The highest BCUT2D eigenvalue weighted by Gasteiger charge is 2.26. The molecule has 112 valence electrons. The lowest BCUT2D eigenvalue weighted by Gasteiger charge is -2.30. The quantitative estimate of drug-likeness (QED) is 0.826. The van der Waals surface area contributed by atoms with Crippen molar-refractivity contribution in [2.24, 2.45) is 0 Å². The van der Waals surface area contributed by atoms with E-state index < -0.39 is 15.7 Å². The number of halogens is 1. The molecular weight excluding hydrogens is 294 g/mol. The molecule has 1 aliphatic rings. The van der Waals surface area contributed by atoms with E-state index in [4.69, 9.17) is 7.12 Å². The van der Waals surface area contributed by atoms with E-state index in [1.165, 1.54) is 6.07 Å². The first-order valence-corrected chi connectivity index (χ1v) is 8.26. The molecule has 0 fully saturated rings. The summed E-state index contributed by atoms with van der Waals surface area (Å²) >= 11 is 0. The van der Waals surface area contributed by atoms with Gasteiger partial charge in [0.15, 0.2) is 0 Å². The Morgan fingerprint density at radius 2 is 2.10 bits per heavy atom. The van der Waals surface area contributed by atoms with Crippen LogP contribution in [0.15, 0.2) is 12.1 Å². The van der Waals surface area contributed by atoms with Crippen molar-refractivity contribution >= 4 is 28.6 Å². The summed E-state index contributed by atoms with van der Waals surface area (Å²) in [5.41, 5.74) is 1.25. The van der Waals surface area contributed by atoms with Gasteiger partial charge < -0.3 is 4.90 Å². The Balaban J connectivity index is 2.33. The minimum atomic E-state index is -3.87. The van der Waals surface area contributed by atoms with E-state index >= 15 is 0 Å². The fourth-order valence-electron chi connectivity index (χ4n) is 2.44. The van der Waals surface area contributed by atoms with Gasteiger partial charge >= 0.3 is 0 Å². The van der Waals surface area contributed by atoms with Crippen LogP contribution in [0.5, 0.6) is 0 Å². The molecule has 0 spiro atoms. The second kappa shape index (κ2) is 6.15. The number of anilines is 1. The Kier molecular flexibility index (Phi) is 4.68. The molecule has 1 aromatic rings. The molecule has 5 nitrogen and oxygen atoms in total. The van der Waals surface area contributed by atoms with Gasteiger partial charge in [0, 0.05) is 36.3 Å². The van der Waals surface area contributed by atoms with E-state index in [0.29, 0.717) is 24.2 Å². The maximum atomic E-state index is 14.5. The van der Waals surface area contributed by atoms with Crippen molar-refractivity contribution in [3.63, 3.8) is 0 Å². The predicted molar refractivity (Wildman–Crippen MR) is 78.9 cm³/mol. The molecule has 1 heterocycles. The minimum absolute atomic E-state index is 0.0147. The van der Waals surface area contributed by atoms with Gasteiger partial charge in [0.25, 0.3) is 7.12 Å². The van der Waals surface area contributed by atoms with Gasteiger partial charge in [0.05, 0.1) is 0 Å². The maximum Gasteiger partial charge on any atom is 0.277 e. The predicted octanol–water partition coefficient (Wildman–Crippen LogP) is 1.02. The lowest BCUT2D eigenvalue weighted by molar-refractivity contribution is -0.118. The van der Waals surface area contributed by atoms with Crippen molar-refractivity contribution in [3.8, 4) is 0 Å². The molecule has 0 saturated heterocycles. The molecule has 2 radical (unpaired) electrons. The molecule has 1 N–H and O–H groups in total. The highest BCUT2D eigenvalue weighted by atomic mass is 32.2. The van der Waals surface area contributed by atoms with Gasteiger partial charge in [-0.3, -0.25) is 4.79 Å². The summed E-state index contributed by atoms with van der Waals surface area (Å²) in [6.45, 7) is 2.28. The van der Waals surface area contributed by atoms with Gasteiger partial charge in [0.1, 0.15) is 15.7 Å². The summed E-state index contributed by atoms with van der Waals surface area (Å²) in [5, 5.41) is 0. The lowest BCUT2D eigenvalue weighted by atomic mass is 9.97. The van der Waals surface area contributed by atoms with Crippen LogP contribution < -0.4 is 9.62 Å². The average molecular weight is 310 g/mol. The molecule has 0 atom stereocenters. The molecule has 0 aromatic heterocycles. The largest absolute Gasteiger partial charge is 0.312 e. The molecule has 21 heavy (non-hydrogen) atoms. The summed E-state index contributed by atoms with van der Waals surface area (Å²) in [6, 6.07) is 3.14. The van der Waals surface area contributed by atoms with Gasteiger partial charge in [0.2, 0.25) is 5.91 Å². The molecule has 2 rings (SSSR count). The standard InChI is InChI=1S/C13H16BFN2O3S/c1-2-7-17-11-5-3-9(8-16-21(14,19)20)13(15)10(11)4-6-12(17)18/h3,5,16H,2,4,6-8H2,1H3. The fourth-order valence-corrected chi connectivity index (χ4v) is 2.79. The Bertz CT molecular complexity index is 664. The molecule has 0 bridgehead atoms. The van der Waals surface area contributed by atoms with Crippen LogP contribution >= 0.6 is 0 Å². The second-order valence-corrected chi connectivity index (χ2v) is 6.33. The van der Waals surface area contributed by atoms with E-state index in [1.807, 2.05) is 6.92 Å². The molecule has 1 amide bonds. The van der Waals surface area contributed by atoms with E-state index in [0.717, 1.165) is 6.42 Å². The second-order valence-electron chi connectivity index (χ2n) is 4.95. The van der Waals surface area contributed by atoms with Crippen molar-refractivity contribution in [1.29, 1.82) is 0 Å². The van der Waals surface area contributed by atoms with Crippen LogP contribution in [-0.4, -0.2) is 28.0 Å². The number of benzene rings is 1. The zero-order valence-corrected chi connectivity index (χ0v) is 12.5. The first kappa shape index (κ1) is 16.0. The third kappa shape index (κ3) is 3.62. The zero-order chi connectivity index (χ0) is 15.6. The molecule has 0 saturated carbocycles. The van der Waals surface area contributed by atoms with Crippen molar-refractivity contribution < 1.29 is 17.6 Å². The highest BCUT2D eigenvalue weighted by Crippen LogP contribution is 2.31. The monoisotopic (exact) mass is 310 g/mol. The number of nitrogens with one attached hydrogen (secondary N) is 1. The van der Waals surface area contributed by atoms with Crippen LogP contribution in [0.2, 0.25) is 0 Å². The number of carbonyl (C=O) groups is 1. The SMILES string of the molecule is [B]S(=O)(=O)NCc1ccc2c(c1F)CCC(=O)N2CCC. The number of amides is 1. The van der Waals surface area contributed by atoms with Crippen LogP contribution in [0.4, 0.5) is 10.1 Å². The first-order chi connectivity index (χ1) is 9.83. The van der Waals surface area contributed by atoms with Gasteiger partial charge in [-0.05, 0) is 18.9 Å². The maximum absolute atomic E-state index is 14.5. The van der Waals surface area contributed by atoms with Gasteiger partial charge in [-0.15, -0.1) is 0 Å². The van der Waals surface area contributed by atoms with Gasteiger partial charge in [-0.25, -0.2) is 17.5 Å². The van der Waals surface area contributed by atoms with Gasteiger partial charge in [-0.1, -0.05) is 13.0 Å². The molecule has 0 aliphatic carbocycles. The number of fused-ring (bicyclic) bond motifs is 1. The third-order valence-electron chi connectivity index (χ3n) is 3.39. The third-order valence-corrected chi connectivity index (χ3v) is 3.94. The minimum Gasteiger partial charge on any atom is -0.312 e. The summed E-state index contributed by atoms with van der Waals surface area (Å²) in [6.07, 6.45) is 1.36. The topological polar surface area (TPSA) is 66.5 Å². The summed E-state index contributed by atoms with van der Waals surface area (Å²) in [7, 11) is 0.967. The first-order valence-electron chi connectivity index (χ1n) is 6.71. The fraction of sp³-hybridized carbons (Fsp3) is 0.462. The van der Waals surface area contributed by atoms with Crippen molar-refractivity contribution in [1.82, 2.24) is 4.72 Å². The van der Waals surface area contributed by atoms with Crippen molar-refractivity contribution in [3.05, 3.63) is 29.1 Å². The Morgan fingerprint density at radius 3 is 2.71 bits per heavy atom. The summed E-state index contributed by atoms with van der Waals surface area (Å²) in [5.74, 6) is -0.489. The van der Waals surface area contributed by atoms with Crippen LogP contribution in [0.25, 0.3) is 0 Å². The van der Waals surface area contributed by atoms with E-state index in [9.17, 15) is 17.6 Å². The van der Waals surface area contributed by atoms with Crippen molar-refractivity contribution in [2.75, 3.05) is 11.4 Å². The van der Waals surface area contributed by atoms with Crippen LogP contribution in [0.1, 0.15) is 30.9 Å². The molecule has 0 unspecified atom stereocenters. The van der Waals surface area contributed by atoms with Crippen molar-refractivity contribution in [2.45, 2.75) is 32.7 Å². The summed E-state index contributed by atoms with van der Waals surface area (Å²) in [4.78, 5) is 13.5. The van der Waals surface area contributed by atoms with Crippen LogP contribution in [-0.2, 0) is 27.6 Å². The smallest absolute Gasteiger partial charge is 0.277 e. The molecule has 8 heteroatoms. The number of carbonyl (C=O) groups excluding carboxylic acids is 1.